The highest BCUT2D eigenvalue weighted by molar-refractivity contribution is 6.97. The quantitative estimate of drug-likeness (QED) is 0.133. The first-order chi connectivity index (χ1) is 28.9. The van der Waals surface area contributed by atoms with E-state index in [9.17, 15) is 0 Å². The van der Waals surface area contributed by atoms with Crippen molar-refractivity contribution in [1.82, 2.24) is 4.57 Å². The average Bonchev–Trinajstić information content (AvgIpc) is 3.58. The van der Waals surface area contributed by atoms with Crippen LogP contribution < -0.4 is 21.1 Å². The van der Waals surface area contributed by atoms with Crippen LogP contribution in [0.2, 0.25) is 0 Å². The fourth-order valence-electron chi connectivity index (χ4n) is 9.81. The third-order valence-electron chi connectivity index (χ3n) is 13.0. The molecule has 0 atom stereocenters. The molecule has 0 saturated heterocycles. The Balaban J connectivity index is 1.36. The second-order valence-electron chi connectivity index (χ2n) is 18.7. The van der Waals surface area contributed by atoms with Gasteiger partial charge < -0.3 is 9.30 Å². The molecule has 0 N–H and O–H groups in total. The third-order valence-corrected chi connectivity index (χ3v) is 13.0. The number of hydrogen-bond donors (Lipinski definition) is 0. The molecule has 300 valence electrons. The summed E-state index contributed by atoms with van der Waals surface area (Å²) in [5.41, 5.74) is 19.5. The number of rotatable bonds is 9. The zero-order chi connectivity index (χ0) is 42.0. The van der Waals surface area contributed by atoms with E-state index in [1.807, 2.05) is 0 Å². The summed E-state index contributed by atoms with van der Waals surface area (Å²) in [6.07, 6.45) is 0. The number of para-hydroxylation sites is 1. The number of fused-ring (bicyclic) bond motifs is 5. The molecule has 8 aromatic rings. The van der Waals surface area contributed by atoms with Crippen molar-refractivity contribution in [3.8, 4) is 39.4 Å². The molecule has 2 heterocycles. The van der Waals surface area contributed by atoms with Crippen LogP contribution in [0.3, 0.4) is 0 Å². The molecule has 1 aliphatic rings. The van der Waals surface area contributed by atoms with Gasteiger partial charge in [0.05, 0.1) is 11.0 Å². The van der Waals surface area contributed by atoms with Crippen LogP contribution in [0.15, 0.2) is 140 Å². The lowest BCUT2D eigenvalue weighted by atomic mass is 9.34. The predicted octanol–water partition coefficient (Wildman–Crippen LogP) is 14.4. The fraction of sp³-hybridized carbons (Fsp3) is 0.263. The van der Waals surface area contributed by atoms with E-state index in [-0.39, 0.29) is 18.5 Å². The van der Waals surface area contributed by atoms with E-state index in [2.05, 4.69) is 213 Å². The minimum Gasteiger partial charge on any atom is -0.458 e. The van der Waals surface area contributed by atoms with E-state index < -0.39 is 0 Å². The summed E-state index contributed by atoms with van der Waals surface area (Å²) < 4.78 is 9.63. The Morgan fingerprint density at radius 2 is 0.867 bits per heavy atom. The molecular formula is C57H58BNO. The van der Waals surface area contributed by atoms with Crippen molar-refractivity contribution in [2.24, 2.45) is 0 Å². The molecule has 0 bridgehead atoms. The summed E-state index contributed by atoms with van der Waals surface area (Å²) in [5, 5.41) is 2.56. The van der Waals surface area contributed by atoms with Crippen LogP contribution in [0.25, 0.3) is 49.7 Å². The van der Waals surface area contributed by atoms with Crippen LogP contribution in [0, 0.1) is 0 Å². The highest BCUT2D eigenvalue weighted by atomic mass is 16.5. The Labute approximate surface area is 358 Å². The lowest BCUT2D eigenvalue weighted by molar-refractivity contribution is 0.487. The van der Waals surface area contributed by atoms with Gasteiger partial charge in [0.1, 0.15) is 11.5 Å². The largest absolute Gasteiger partial charge is 0.458 e. The standard InChI is InChI=1S/C57H58BNO/c1-34(2)41-27-45(35(3)4)55(46(28-41)36(5)6)58-51-23-17-18-24-53(51)60-54-33-44(25-26-52(54)58)59-56-47(37(7)8)29-42(39-19-13-11-14-20-39)31-49(56)50-32-43(40-21-15-12-16-22-40)30-48(38(9)10)57(50)59/h11-38H,1-10H3. The van der Waals surface area contributed by atoms with Gasteiger partial charge in [-0.2, -0.15) is 0 Å². The van der Waals surface area contributed by atoms with Gasteiger partial charge in [0.25, 0.3) is 6.71 Å². The van der Waals surface area contributed by atoms with Crippen molar-refractivity contribution in [3.63, 3.8) is 0 Å². The summed E-state index contributed by atoms with van der Waals surface area (Å²) in [6, 6.07) is 52.3. The van der Waals surface area contributed by atoms with Crippen molar-refractivity contribution in [3.05, 3.63) is 167 Å². The molecule has 0 fully saturated rings. The maximum atomic E-state index is 7.05. The minimum absolute atomic E-state index is 0.0486. The van der Waals surface area contributed by atoms with Crippen LogP contribution in [0.1, 0.15) is 127 Å². The second-order valence-corrected chi connectivity index (χ2v) is 18.7. The molecule has 9 rings (SSSR count). The van der Waals surface area contributed by atoms with E-state index in [1.54, 1.807) is 0 Å². The topological polar surface area (TPSA) is 14.2 Å². The van der Waals surface area contributed by atoms with Gasteiger partial charge in [0.15, 0.2) is 0 Å². The fourth-order valence-corrected chi connectivity index (χ4v) is 9.81. The Morgan fingerprint density at radius 3 is 1.35 bits per heavy atom. The van der Waals surface area contributed by atoms with E-state index in [4.69, 9.17) is 4.74 Å². The van der Waals surface area contributed by atoms with E-state index in [0.29, 0.717) is 17.8 Å². The number of aromatic nitrogens is 1. The van der Waals surface area contributed by atoms with E-state index in [1.165, 1.54) is 88.3 Å². The molecule has 2 nitrogen and oxygen atoms in total. The summed E-state index contributed by atoms with van der Waals surface area (Å²) in [7, 11) is 0. The molecule has 0 spiro atoms. The summed E-state index contributed by atoms with van der Waals surface area (Å²) in [6.45, 7) is 23.5. The van der Waals surface area contributed by atoms with Crippen LogP contribution in [-0.2, 0) is 0 Å². The van der Waals surface area contributed by atoms with Gasteiger partial charge in [-0.05, 0) is 127 Å². The van der Waals surface area contributed by atoms with E-state index >= 15 is 0 Å². The molecule has 0 unspecified atom stereocenters. The molecule has 7 aromatic carbocycles. The second kappa shape index (κ2) is 15.7. The molecule has 0 radical (unpaired) electrons. The van der Waals surface area contributed by atoms with Crippen LogP contribution in [0.5, 0.6) is 11.5 Å². The van der Waals surface area contributed by atoms with Crippen molar-refractivity contribution < 1.29 is 4.74 Å². The smallest absolute Gasteiger partial charge is 0.251 e. The first kappa shape index (κ1) is 39.7. The van der Waals surface area contributed by atoms with Crippen LogP contribution in [-0.4, -0.2) is 11.3 Å². The monoisotopic (exact) mass is 783 g/mol. The molecule has 0 aliphatic carbocycles. The van der Waals surface area contributed by atoms with Gasteiger partial charge in [0, 0.05) is 22.5 Å². The normalized spacial score (nSPS) is 12.7. The maximum Gasteiger partial charge on any atom is 0.251 e. The first-order valence-electron chi connectivity index (χ1n) is 22.3. The summed E-state index contributed by atoms with van der Waals surface area (Å²) >= 11 is 0. The molecule has 3 heteroatoms. The van der Waals surface area contributed by atoms with E-state index in [0.717, 1.165) is 17.2 Å². The summed E-state index contributed by atoms with van der Waals surface area (Å²) in [4.78, 5) is 0. The minimum atomic E-state index is 0.0486. The predicted molar refractivity (Wildman–Crippen MR) is 260 cm³/mol. The lowest BCUT2D eigenvalue weighted by Gasteiger charge is -2.32. The van der Waals surface area contributed by atoms with Crippen LogP contribution in [0.4, 0.5) is 0 Å². The van der Waals surface area contributed by atoms with Crippen LogP contribution >= 0.6 is 0 Å². The zero-order valence-corrected chi connectivity index (χ0v) is 37.1. The number of nitrogens with zero attached hydrogens (tertiary/aromatic N) is 1. The highest BCUT2D eigenvalue weighted by Gasteiger charge is 2.37. The number of ether oxygens (including phenoxy) is 1. The zero-order valence-electron chi connectivity index (χ0n) is 37.1. The van der Waals surface area contributed by atoms with Gasteiger partial charge in [0.2, 0.25) is 0 Å². The SMILES string of the molecule is CC(C)c1cc(C(C)C)c(B2c3ccccc3Oc3cc(-n4c5c(C(C)C)cc(-c6ccccc6)cc5c5cc(-c6ccccc6)cc(C(C)C)c54)ccc32)c(C(C)C)c1. The van der Waals surface area contributed by atoms with Crippen molar-refractivity contribution >= 4 is 44.9 Å². The maximum absolute atomic E-state index is 7.05. The van der Waals surface area contributed by atoms with Gasteiger partial charge in [-0.3, -0.25) is 0 Å². The van der Waals surface area contributed by atoms with Crippen molar-refractivity contribution in [2.75, 3.05) is 0 Å². The van der Waals surface area contributed by atoms with Crippen molar-refractivity contribution in [2.45, 2.75) is 98.8 Å². The first-order valence-corrected chi connectivity index (χ1v) is 22.3. The van der Waals surface area contributed by atoms with Gasteiger partial charge in [-0.1, -0.05) is 172 Å². The Morgan fingerprint density at radius 1 is 0.400 bits per heavy atom. The number of benzene rings is 7. The van der Waals surface area contributed by atoms with Gasteiger partial charge in [-0.25, -0.2) is 0 Å². The molecule has 1 aromatic heterocycles. The Hall–Kier alpha value is -5.80. The van der Waals surface area contributed by atoms with Gasteiger partial charge in [-0.15, -0.1) is 0 Å². The highest BCUT2D eigenvalue weighted by Crippen LogP contribution is 2.44. The van der Waals surface area contributed by atoms with Crippen molar-refractivity contribution in [1.29, 1.82) is 0 Å². The third kappa shape index (κ3) is 6.77. The number of hydrogen-bond acceptors (Lipinski definition) is 1. The van der Waals surface area contributed by atoms with Gasteiger partial charge >= 0.3 is 0 Å². The molecular weight excluding hydrogens is 725 g/mol. The Kier molecular flexibility index (Phi) is 10.4. The molecule has 60 heavy (non-hydrogen) atoms. The summed E-state index contributed by atoms with van der Waals surface area (Å²) in [5.74, 6) is 3.65. The molecule has 1 aliphatic heterocycles. The Bertz CT molecular complexity index is 2740. The molecule has 0 saturated carbocycles. The average molecular weight is 784 g/mol. The lowest BCUT2D eigenvalue weighted by Crippen LogP contribution is -2.57. The molecule has 0 amide bonds.